The number of imidazole rings is 3. The maximum atomic E-state index is 8.42. The maximum absolute atomic E-state index is 8.42. The van der Waals surface area contributed by atoms with Gasteiger partial charge in [-0.15, -0.1) is 0 Å². The first-order chi connectivity index (χ1) is 15.9. The molecule has 12 nitrogen and oxygen atoms in total. The van der Waals surface area contributed by atoms with E-state index in [1.807, 2.05) is 105 Å². The molecule has 0 aromatic carbocycles. The zero-order chi connectivity index (χ0) is 26.3. The smallest absolute Gasteiger partial charge is 0.244 e. The number of nitrogens with zero attached hydrogens (tertiary/aromatic N) is 6. The third-order valence-corrected chi connectivity index (χ3v) is 4.77. The second-order valence-electron chi connectivity index (χ2n) is 7.79. The predicted molar refractivity (Wildman–Crippen MR) is 123 cm³/mol. The van der Waals surface area contributed by atoms with Gasteiger partial charge in [0.15, 0.2) is 0 Å². The van der Waals surface area contributed by atoms with Gasteiger partial charge in [-0.1, -0.05) is 20.8 Å². The molecule has 0 aliphatic rings. The van der Waals surface area contributed by atoms with E-state index in [0.717, 1.165) is 19.3 Å². The predicted octanol–water partition coefficient (Wildman–Crippen LogP) is -3.41. The van der Waals surface area contributed by atoms with Crippen molar-refractivity contribution in [2.24, 2.45) is 38.3 Å². The largest absolute Gasteiger partial charge is 0.907 e. The van der Waals surface area contributed by atoms with Gasteiger partial charge >= 0.3 is 0 Å². The zero-order valence-electron chi connectivity index (χ0n) is 21.3. The summed E-state index contributed by atoms with van der Waals surface area (Å²) in [6.07, 6.45) is 21.1. The first-order valence-electron chi connectivity index (χ1n) is 11.3. The van der Waals surface area contributed by atoms with Crippen molar-refractivity contribution in [1.82, 2.24) is 13.7 Å². The highest BCUT2D eigenvalue weighted by Crippen LogP contribution is 1.92. The van der Waals surface area contributed by atoms with Crippen molar-refractivity contribution >= 4 is 7.32 Å². The third-order valence-electron chi connectivity index (χ3n) is 4.77. The molecule has 3 heterocycles. The van der Waals surface area contributed by atoms with Crippen molar-refractivity contribution < 1.29 is 28.8 Å². The van der Waals surface area contributed by atoms with Gasteiger partial charge in [-0.25, -0.2) is 27.4 Å². The molecule has 0 saturated heterocycles. The van der Waals surface area contributed by atoms with Gasteiger partial charge in [-0.05, 0) is 19.3 Å². The number of aromatic nitrogens is 6. The minimum absolute atomic E-state index is 0.126. The monoisotopic (exact) mass is 479 g/mol. The van der Waals surface area contributed by atoms with E-state index in [1.165, 1.54) is 0 Å². The fraction of sp³-hybridized carbons (Fsp3) is 0.571. The summed E-state index contributed by atoms with van der Waals surface area (Å²) in [5.74, 6) is 0. The average molecular weight is 479 g/mol. The summed E-state index contributed by atoms with van der Waals surface area (Å²) in [4.78, 5) is 0. The van der Waals surface area contributed by atoms with Crippen LogP contribution in [0.3, 0.4) is 0 Å². The minimum Gasteiger partial charge on any atom is -0.907 e. The maximum Gasteiger partial charge on any atom is 0.244 e. The molecule has 3 aromatic rings. The molecule has 13 heteroatoms. The standard InChI is InChI=1S/3C7H14N3.BO3/c3*1-3-7(8)10-5-4-9(2)6-10;2-1(3)4/h3*4-7H,3,8H2,1-2H3;/q3*+1;-3. The zero-order valence-corrected chi connectivity index (χ0v) is 21.3. The molecule has 0 aliphatic heterocycles. The van der Waals surface area contributed by atoms with Gasteiger partial charge < -0.3 is 15.1 Å². The van der Waals surface area contributed by atoms with Crippen molar-refractivity contribution in [1.29, 1.82) is 0 Å². The van der Waals surface area contributed by atoms with Gasteiger partial charge in [-0.2, -0.15) is 0 Å². The Morgan fingerprint density at radius 3 is 0.941 bits per heavy atom. The van der Waals surface area contributed by atoms with Crippen molar-refractivity contribution in [3.63, 3.8) is 0 Å². The summed E-state index contributed by atoms with van der Waals surface area (Å²) in [6, 6.07) is 0. The second kappa shape index (κ2) is 17.0. The van der Waals surface area contributed by atoms with Crippen LogP contribution in [0.2, 0.25) is 0 Å². The van der Waals surface area contributed by atoms with Gasteiger partial charge in [0, 0.05) is 0 Å². The van der Waals surface area contributed by atoms with E-state index in [-0.39, 0.29) is 18.5 Å². The normalized spacial score (nSPS) is 12.7. The van der Waals surface area contributed by atoms with Gasteiger partial charge in [0.2, 0.25) is 19.0 Å². The number of nitrogens with two attached hydrogens (primary N) is 3. The van der Waals surface area contributed by atoms with Crippen LogP contribution in [0.25, 0.3) is 0 Å². The molecular weight excluding hydrogens is 437 g/mol. The van der Waals surface area contributed by atoms with Crippen LogP contribution in [0.15, 0.2) is 56.2 Å². The quantitative estimate of drug-likeness (QED) is 0.245. The molecule has 6 N–H and O–H groups in total. The summed E-state index contributed by atoms with van der Waals surface area (Å²) in [6.45, 7) is 6.22. The SMILES string of the molecule is CCC(N)[n+]1ccn(C)c1.CCC(N)[n+]1ccn(C)c1.CCC(N)[n+]1ccn(C)c1.[O-]B([O-])[O-]. The summed E-state index contributed by atoms with van der Waals surface area (Å²) < 4.78 is 11.9. The molecular formula is C21H42BN9O3. The fourth-order valence-electron chi connectivity index (χ4n) is 2.63. The highest BCUT2D eigenvalue weighted by molar-refractivity contribution is 6.24. The lowest BCUT2D eigenvalue weighted by Crippen LogP contribution is -2.56. The molecule has 34 heavy (non-hydrogen) atoms. The van der Waals surface area contributed by atoms with E-state index in [9.17, 15) is 0 Å². The van der Waals surface area contributed by atoms with E-state index in [1.54, 1.807) is 0 Å². The highest BCUT2D eigenvalue weighted by atomic mass is 16.5. The summed E-state index contributed by atoms with van der Waals surface area (Å²) in [5, 5.41) is 25.2. The number of rotatable bonds is 6. The molecule has 0 fully saturated rings. The van der Waals surface area contributed by atoms with Crippen molar-refractivity contribution in [2.45, 2.75) is 58.5 Å². The van der Waals surface area contributed by atoms with Gasteiger partial charge in [0.05, 0.1) is 21.1 Å². The van der Waals surface area contributed by atoms with Crippen LogP contribution < -0.4 is 46.0 Å². The molecule has 3 rings (SSSR count). The Bertz CT molecular complexity index is 785. The van der Waals surface area contributed by atoms with Gasteiger partial charge in [-0.3, -0.25) is 24.5 Å². The first kappa shape index (κ1) is 31.5. The van der Waals surface area contributed by atoms with Crippen molar-refractivity contribution in [3.05, 3.63) is 56.2 Å². The molecule has 0 aliphatic carbocycles. The first-order valence-corrected chi connectivity index (χ1v) is 11.3. The summed E-state index contributed by atoms with van der Waals surface area (Å²) >= 11 is 0. The lowest BCUT2D eigenvalue weighted by molar-refractivity contribution is -0.722. The van der Waals surface area contributed by atoms with E-state index < -0.39 is 7.32 Å². The number of aryl methyl sites for hydroxylation is 3. The van der Waals surface area contributed by atoms with E-state index in [4.69, 9.17) is 32.3 Å². The molecule has 192 valence electrons. The van der Waals surface area contributed by atoms with E-state index >= 15 is 0 Å². The molecule has 0 spiro atoms. The van der Waals surface area contributed by atoms with Gasteiger partial charge in [0.1, 0.15) is 55.7 Å². The van der Waals surface area contributed by atoms with E-state index in [2.05, 4.69) is 20.8 Å². The van der Waals surface area contributed by atoms with Crippen molar-refractivity contribution in [2.75, 3.05) is 0 Å². The van der Waals surface area contributed by atoms with Crippen molar-refractivity contribution in [3.8, 4) is 0 Å². The second-order valence-corrected chi connectivity index (χ2v) is 7.79. The van der Waals surface area contributed by atoms with Crippen LogP contribution in [-0.2, 0) is 21.1 Å². The lowest BCUT2D eigenvalue weighted by Gasteiger charge is -2.35. The van der Waals surface area contributed by atoms with Crippen LogP contribution in [0.5, 0.6) is 0 Å². The average Bonchev–Trinajstić information content (AvgIpc) is 3.54. The molecule has 3 atom stereocenters. The van der Waals surface area contributed by atoms with Gasteiger partial charge in [0.25, 0.3) is 0 Å². The molecule has 3 aromatic heterocycles. The molecule has 0 bridgehead atoms. The third kappa shape index (κ3) is 13.2. The van der Waals surface area contributed by atoms with Crippen LogP contribution in [-0.4, -0.2) is 21.0 Å². The molecule has 0 radical (unpaired) electrons. The lowest BCUT2D eigenvalue weighted by atomic mass is 10.3. The van der Waals surface area contributed by atoms with Crippen LogP contribution in [0.4, 0.5) is 0 Å². The van der Waals surface area contributed by atoms with E-state index in [0.29, 0.717) is 0 Å². The minimum atomic E-state index is -2.92. The Morgan fingerprint density at radius 1 is 0.618 bits per heavy atom. The highest BCUT2D eigenvalue weighted by Gasteiger charge is 2.08. The Morgan fingerprint density at radius 2 is 0.824 bits per heavy atom. The molecule has 0 saturated carbocycles. The van der Waals surface area contributed by atoms with Crippen LogP contribution in [0.1, 0.15) is 58.5 Å². The Hall–Kier alpha value is -2.55. The summed E-state index contributed by atoms with van der Waals surface area (Å²) in [5.41, 5.74) is 17.3. The molecule has 3 unspecified atom stereocenters. The Balaban J connectivity index is 0.000000445. The topological polar surface area (TPSA) is 174 Å². The Labute approximate surface area is 203 Å². The summed E-state index contributed by atoms with van der Waals surface area (Å²) in [7, 11) is 3.04. The number of hydrogen-bond donors (Lipinski definition) is 3. The number of hydrogen-bond acceptors (Lipinski definition) is 6. The van der Waals surface area contributed by atoms with Crippen LogP contribution >= 0.6 is 0 Å². The van der Waals surface area contributed by atoms with Crippen LogP contribution in [0, 0.1) is 0 Å². The fourth-order valence-corrected chi connectivity index (χ4v) is 2.63. The Kier molecular flexibility index (Phi) is 15.7. The molecule has 0 amide bonds.